The van der Waals surface area contributed by atoms with E-state index in [-0.39, 0.29) is 55.3 Å². The third kappa shape index (κ3) is 5.54. The van der Waals surface area contributed by atoms with E-state index in [9.17, 15) is 35.5 Å². The summed E-state index contributed by atoms with van der Waals surface area (Å²) < 4.78 is 94.9. The summed E-state index contributed by atoms with van der Waals surface area (Å²) in [5, 5.41) is 11.6. The fourth-order valence-corrected chi connectivity index (χ4v) is 7.19. The molecule has 0 spiro atoms. The van der Waals surface area contributed by atoms with E-state index < -0.39 is 33.8 Å². The number of alkyl halides is 5. The number of likely N-dealkylation sites (tertiary alicyclic amines) is 1. The van der Waals surface area contributed by atoms with Crippen LogP contribution in [0.15, 0.2) is 46.0 Å². The number of aliphatic hydroxyl groups is 1. The van der Waals surface area contributed by atoms with Gasteiger partial charge >= 0.3 is 6.18 Å². The molecule has 2 atom stereocenters. The van der Waals surface area contributed by atoms with Crippen molar-refractivity contribution in [3.05, 3.63) is 47.3 Å². The average Bonchev–Trinajstić information content (AvgIpc) is 3.36. The van der Waals surface area contributed by atoms with Crippen molar-refractivity contribution in [1.29, 1.82) is 0 Å². The first-order valence-corrected chi connectivity index (χ1v) is 13.8. The topological polar surface area (TPSA) is 64.1 Å². The van der Waals surface area contributed by atoms with Crippen LogP contribution < -0.4 is 4.90 Å². The van der Waals surface area contributed by atoms with Gasteiger partial charge in [-0.15, -0.1) is 11.3 Å². The molecule has 1 N–H and O–H groups in total. The minimum atomic E-state index is -4.85. The van der Waals surface area contributed by atoms with Gasteiger partial charge in [-0.1, -0.05) is 18.2 Å². The Bertz CT molecular complexity index is 1130. The van der Waals surface area contributed by atoms with Crippen LogP contribution in [-0.2, 0) is 15.6 Å². The van der Waals surface area contributed by atoms with Gasteiger partial charge in [-0.2, -0.15) is 17.5 Å². The van der Waals surface area contributed by atoms with Crippen LogP contribution in [0.2, 0.25) is 0 Å². The van der Waals surface area contributed by atoms with Gasteiger partial charge in [-0.05, 0) is 36.1 Å². The van der Waals surface area contributed by atoms with E-state index in [1.54, 1.807) is 11.4 Å². The largest absolute Gasteiger partial charge is 0.421 e. The molecular weight excluding hydrogens is 525 g/mol. The third-order valence-electron chi connectivity index (χ3n) is 6.90. The summed E-state index contributed by atoms with van der Waals surface area (Å²) in [5.41, 5.74) is -2.76. The van der Waals surface area contributed by atoms with Crippen LogP contribution in [0.25, 0.3) is 0 Å². The summed E-state index contributed by atoms with van der Waals surface area (Å²) in [5.74, 6) is -2.72. The molecule has 1 unspecified atom stereocenters. The Labute approximate surface area is 211 Å². The zero-order valence-corrected chi connectivity index (χ0v) is 21.2. The SMILES string of the molecule is CC(O)(c1ccc(N2CCN(S(=O)(=O)c3cccs3)C[C@@H]2CN2CCC(F)(F)CC2)cc1)C(F)(F)F. The summed E-state index contributed by atoms with van der Waals surface area (Å²) >= 11 is 1.11. The molecular formula is C23H28F5N3O3S2. The summed E-state index contributed by atoms with van der Waals surface area (Å²) in [7, 11) is -3.73. The highest BCUT2D eigenvalue weighted by Crippen LogP contribution is 2.39. The van der Waals surface area contributed by atoms with Crippen molar-refractivity contribution in [2.75, 3.05) is 44.2 Å². The molecule has 0 bridgehead atoms. The van der Waals surface area contributed by atoms with Crippen molar-refractivity contribution < 1.29 is 35.5 Å². The number of sulfonamides is 1. The Balaban J connectivity index is 1.58. The number of hydrogen-bond donors (Lipinski definition) is 1. The Morgan fingerprint density at radius 3 is 2.25 bits per heavy atom. The summed E-state index contributed by atoms with van der Waals surface area (Å²) in [6.45, 7) is 1.89. The van der Waals surface area contributed by atoms with Gasteiger partial charge < -0.3 is 14.9 Å². The lowest BCUT2D eigenvalue weighted by atomic mass is 9.95. The number of hydrogen-bond acceptors (Lipinski definition) is 6. The fraction of sp³-hybridized carbons (Fsp3) is 0.565. The Kier molecular flexibility index (Phi) is 7.43. The lowest BCUT2D eigenvalue weighted by Gasteiger charge is -2.45. The summed E-state index contributed by atoms with van der Waals surface area (Å²) in [6.07, 6.45) is -5.41. The van der Waals surface area contributed by atoms with Gasteiger partial charge in [-0.3, -0.25) is 0 Å². The molecule has 1 aromatic heterocycles. The maximum absolute atomic E-state index is 13.7. The molecule has 13 heteroatoms. The number of benzene rings is 1. The van der Waals surface area contributed by atoms with Crippen LogP contribution in [0.3, 0.4) is 0 Å². The first-order chi connectivity index (χ1) is 16.7. The Hall–Kier alpha value is -1.80. The van der Waals surface area contributed by atoms with Gasteiger partial charge in [0.25, 0.3) is 15.9 Å². The number of thiophene rings is 1. The molecule has 0 radical (unpaired) electrons. The van der Waals surface area contributed by atoms with Gasteiger partial charge in [0.1, 0.15) is 4.21 Å². The molecule has 4 rings (SSSR count). The standard InChI is InChI=1S/C23H28F5N3O3S2/c1-21(32,23(26,27)28)17-4-6-18(7-5-17)31-13-12-30(36(33,34)20-3-2-14-35-20)16-19(31)15-29-10-8-22(24,25)9-11-29/h2-7,14,19,32H,8-13,15-16H2,1H3/t19-,21?/m0/s1. The zero-order valence-electron chi connectivity index (χ0n) is 19.6. The predicted molar refractivity (Wildman–Crippen MR) is 127 cm³/mol. The van der Waals surface area contributed by atoms with E-state index in [1.165, 1.54) is 34.6 Å². The van der Waals surface area contributed by atoms with Gasteiger partial charge in [-0.25, -0.2) is 17.2 Å². The van der Waals surface area contributed by atoms with E-state index in [4.69, 9.17) is 0 Å². The van der Waals surface area contributed by atoms with E-state index >= 15 is 0 Å². The lowest BCUT2D eigenvalue weighted by Crippen LogP contribution is -2.59. The Morgan fingerprint density at radius 2 is 1.69 bits per heavy atom. The molecule has 2 saturated heterocycles. The van der Waals surface area contributed by atoms with Crippen molar-refractivity contribution in [3.8, 4) is 0 Å². The molecule has 1 aromatic carbocycles. The molecule has 2 aliphatic rings. The first kappa shape index (κ1) is 27.2. The maximum atomic E-state index is 13.7. The van der Waals surface area contributed by atoms with Gasteiger partial charge in [0, 0.05) is 57.8 Å². The van der Waals surface area contributed by atoms with Gasteiger partial charge in [0.15, 0.2) is 5.60 Å². The molecule has 0 aliphatic carbocycles. The number of rotatable bonds is 6. The van der Waals surface area contributed by atoms with Crippen molar-refractivity contribution in [3.63, 3.8) is 0 Å². The monoisotopic (exact) mass is 553 g/mol. The molecule has 3 heterocycles. The second-order valence-corrected chi connectivity index (χ2v) is 12.5. The van der Waals surface area contributed by atoms with Crippen LogP contribution >= 0.6 is 11.3 Å². The first-order valence-electron chi connectivity index (χ1n) is 11.5. The number of piperazine rings is 1. The molecule has 200 valence electrons. The van der Waals surface area contributed by atoms with Crippen molar-refractivity contribution in [1.82, 2.24) is 9.21 Å². The maximum Gasteiger partial charge on any atom is 0.421 e. The smallest absolute Gasteiger partial charge is 0.376 e. The van der Waals surface area contributed by atoms with Crippen LogP contribution in [-0.4, -0.2) is 80.1 Å². The molecule has 36 heavy (non-hydrogen) atoms. The van der Waals surface area contributed by atoms with Gasteiger partial charge in [0.2, 0.25) is 0 Å². The number of anilines is 1. The molecule has 0 amide bonds. The van der Waals surface area contributed by atoms with Gasteiger partial charge in [0.05, 0.1) is 6.04 Å². The quantitative estimate of drug-likeness (QED) is 0.546. The highest BCUT2D eigenvalue weighted by Gasteiger charge is 2.51. The third-order valence-corrected chi connectivity index (χ3v) is 10.1. The van der Waals surface area contributed by atoms with Crippen molar-refractivity contribution in [2.24, 2.45) is 0 Å². The van der Waals surface area contributed by atoms with Crippen molar-refractivity contribution >= 4 is 27.0 Å². The minimum absolute atomic E-state index is 0.106. The molecule has 2 aliphatic heterocycles. The highest BCUT2D eigenvalue weighted by molar-refractivity contribution is 7.91. The van der Waals surface area contributed by atoms with E-state index in [0.717, 1.165) is 11.3 Å². The second-order valence-electron chi connectivity index (χ2n) is 9.42. The molecule has 6 nitrogen and oxygen atoms in total. The number of halogens is 5. The summed E-state index contributed by atoms with van der Waals surface area (Å²) in [4.78, 5) is 3.78. The van der Waals surface area contributed by atoms with E-state index in [1.807, 2.05) is 9.80 Å². The van der Waals surface area contributed by atoms with Crippen LogP contribution in [0, 0.1) is 0 Å². The van der Waals surface area contributed by atoms with Crippen LogP contribution in [0.5, 0.6) is 0 Å². The zero-order chi connectivity index (χ0) is 26.4. The molecule has 2 aromatic rings. The number of nitrogens with zero attached hydrogens (tertiary/aromatic N) is 3. The highest BCUT2D eigenvalue weighted by atomic mass is 32.2. The fourth-order valence-electron chi connectivity index (χ4n) is 4.58. The van der Waals surface area contributed by atoms with E-state index in [2.05, 4.69) is 0 Å². The minimum Gasteiger partial charge on any atom is -0.376 e. The Morgan fingerprint density at radius 1 is 1.06 bits per heavy atom. The van der Waals surface area contributed by atoms with Crippen LogP contribution in [0.4, 0.5) is 27.6 Å². The summed E-state index contributed by atoms with van der Waals surface area (Å²) in [6, 6.07) is 8.11. The average molecular weight is 554 g/mol. The second kappa shape index (κ2) is 9.82. The normalized spacial score (nSPS) is 24.0. The van der Waals surface area contributed by atoms with E-state index in [0.29, 0.717) is 19.2 Å². The number of piperidine rings is 1. The predicted octanol–water partition coefficient (Wildman–Crippen LogP) is 4.13. The van der Waals surface area contributed by atoms with Crippen LogP contribution in [0.1, 0.15) is 25.3 Å². The molecule has 0 saturated carbocycles. The lowest BCUT2D eigenvalue weighted by molar-refractivity contribution is -0.258. The van der Waals surface area contributed by atoms with Crippen molar-refractivity contribution in [2.45, 2.75) is 47.7 Å². The molecule has 2 fully saturated rings.